The molecular formula is C18H18N4O4. The first-order chi connectivity index (χ1) is 12.4. The lowest BCUT2D eigenvalue weighted by molar-refractivity contribution is -0.384. The van der Waals surface area contributed by atoms with Crippen molar-refractivity contribution >= 4 is 28.9 Å². The summed E-state index contributed by atoms with van der Waals surface area (Å²) < 4.78 is 0. The van der Waals surface area contributed by atoms with E-state index in [-0.39, 0.29) is 11.6 Å². The van der Waals surface area contributed by atoms with Crippen molar-refractivity contribution in [2.45, 2.75) is 20.3 Å². The van der Waals surface area contributed by atoms with E-state index in [0.717, 1.165) is 0 Å². The molecule has 2 aromatic rings. The number of hydrazone groups is 1. The molecule has 2 amide bonds. The van der Waals surface area contributed by atoms with E-state index >= 15 is 0 Å². The Balaban J connectivity index is 2.05. The zero-order chi connectivity index (χ0) is 19.1. The minimum Gasteiger partial charge on any atom is -0.326 e. The second kappa shape index (κ2) is 8.52. The molecule has 2 N–H and O–H groups in total. The molecule has 2 rings (SSSR count). The van der Waals surface area contributed by atoms with Crippen molar-refractivity contribution < 1.29 is 14.5 Å². The van der Waals surface area contributed by atoms with Gasteiger partial charge in [-0.25, -0.2) is 5.43 Å². The van der Waals surface area contributed by atoms with Gasteiger partial charge < -0.3 is 5.32 Å². The molecule has 0 aliphatic heterocycles. The average Bonchev–Trinajstić information content (AvgIpc) is 2.66. The summed E-state index contributed by atoms with van der Waals surface area (Å²) in [6.45, 7) is 3.39. The molecule has 0 aromatic heterocycles. The van der Waals surface area contributed by atoms with Gasteiger partial charge in [0, 0.05) is 35.4 Å². The van der Waals surface area contributed by atoms with Gasteiger partial charge in [-0.15, -0.1) is 0 Å². The Morgan fingerprint density at radius 2 is 1.81 bits per heavy atom. The van der Waals surface area contributed by atoms with E-state index < -0.39 is 10.8 Å². The van der Waals surface area contributed by atoms with Crippen molar-refractivity contribution in [1.29, 1.82) is 0 Å². The maximum absolute atomic E-state index is 12.1. The standard InChI is InChI=1S/C18H18N4O4/c1-3-17(23)19-15-9-7-13(8-10-15)18(24)21-20-12(2)14-5-4-6-16(11-14)22(25)26/h4-11H,3H2,1-2H3,(H,19,23)(H,21,24)/b20-12+. The Labute approximate surface area is 150 Å². The molecule has 134 valence electrons. The van der Waals surface area contributed by atoms with Crippen molar-refractivity contribution in [1.82, 2.24) is 5.43 Å². The first kappa shape index (κ1) is 18.8. The van der Waals surface area contributed by atoms with E-state index in [1.807, 2.05) is 0 Å². The lowest BCUT2D eigenvalue weighted by Crippen LogP contribution is -2.19. The summed E-state index contributed by atoms with van der Waals surface area (Å²) in [6.07, 6.45) is 0.369. The lowest BCUT2D eigenvalue weighted by Gasteiger charge is -2.06. The molecule has 0 atom stereocenters. The molecule has 0 heterocycles. The van der Waals surface area contributed by atoms with E-state index in [1.54, 1.807) is 50.2 Å². The number of carbonyl (C=O) groups is 2. The molecule has 0 saturated heterocycles. The molecule has 0 spiro atoms. The van der Waals surface area contributed by atoms with E-state index in [2.05, 4.69) is 15.8 Å². The quantitative estimate of drug-likeness (QED) is 0.471. The molecule has 0 unspecified atom stereocenters. The summed E-state index contributed by atoms with van der Waals surface area (Å²) in [5.74, 6) is -0.539. The second-order valence-electron chi connectivity index (χ2n) is 5.42. The van der Waals surface area contributed by atoms with Crippen LogP contribution in [0, 0.1) is 10.1 Å². The number of nitrogens with one attached hydrogen (secondary N) is 2. The van der Waals surface area contributed by atoms with Gasteiger partial charge in [0.2, 0.25) is 5.91 Å². The number of hydrogen-bond acceptors (Lipinski definition) is 5. The fraction of sp³-hybridized carbons (Fsp3) is 0.167. The normalized spacial score (nSPS) is 10.9. The summed E-state index contributed by atoms with van der Waals surface area (Å²) in [4.78, 5) is 33.8. The highest BCUT2D eigenvalue weighted by molar-refractivity contribution is 6.01. The third-order valence-corrected chi connectivity index (χ3v) is 3.55. The molecule has 26 heavy (non-hydrogen) atoms. The van der Waals surface area contributed by atoms with Gasteiger partial charge in [0.25, 0.3) is 11.6 Å². The highest BCUT2D eigenvalue weighted by Crippen LogP contribution is 2.14. The number of hydrogen-bond donors (Lipinski definition) is 2. The second-order valence-corrected chi connectivity index (χ2v) is 5.42. The number of rotatable bonds is 6. The van der Waals surface area contributed by atoms with Crippen LogP contribution in [0.25, 0.3) is 0 Å². The molecule has 0 fully saturated rings. The molecule has 0 bridgehead atoms. The lowest BCUT2D eigenvalue weighted by atomic mass is 10.1. The van der Waals surface area contributed by atoms with Crippen LogP contribution in [-0.2, 0) is 4.79 Å². The number of nitro groups is 1. The number of non-ortho nitro benzene ring substituents is 1. The van der Waals surface area contributed by atoms with Crippen LogP contribution in [0.3, 0.4) is 0 Å². The molecule has 0 radical (unpaired) electrons. The number of nitrogens with zero attached hydrogens (tertiary/aromatic N) is 2. The molecule has 0 aliphatic rings. The predicted molar refractivity (Wildman–Crippen MR) is 98.1 cm³/mol. The van der Waals surface area contributed by atoms with Gasteiger partial charge in [-0.05, 0) is 31.2 Å². The van der Waals surface area contributed by atoms with E-state index in [9.17, 15) is 19.7 Å². The smallest absolute Gasteiger partial charge is 0.271 e. The summed E-state index contributed by atoms with van der Waals surface area (Å²) in [7, 11) is 0. The van der Waals surface area contributed by atoms with Crippen LogP contribution in [0.1, 0.15) is 36.2 Å². The van der Waals surface area contributed by atoms with Crippen LogP contribution < -0.4 is 10.7 Å². The molecule has 2 aromatic carbocycles. The zero-order valence-electron chi connectivity index (χ0n) is 14.4. The fourth-order valence-electron chi connectivity index (χ4n) is 2.06. The minimum absolute atomic E-state index is 0.0481. The number of anilines is 1. The first-order valence-corrected chi connectivity index (χ1v) is 7.90. The molecule has 0 aliphatic carbocycles. The highest BCUT2D eigenvalue weighted by Gasteiger charge is 2.09. The summed E-state index contributed by atoms with van der Waals surface area (Å²) in [5.41, 5.74) is 4.31. The van der Waals surface area contributed by atoms with Crippen LogP contribution in [0.15, 0.2) is 53.6 Å². The highest BCUT2D eigenvalue weighted by atomic mass is 16.6. The Bertz CT molecular complexity index is 860. The van der Waals surface area contributed by atoms with Crippen molar-refractivity contribution in [3.63, 3.8) is 0 Å². The van der Waals surface area contributed by atoms with E-state index in [1.165, 1.54) is 12.1 Å². The number of carbonyl (C=O) groups excluding carboxylic acids is 2. The van der Waals surface area contributed by atoms with Crippen molar-refractivity contribution in [2.75, 3.05) is 5.32 Å². The SMILES string of the molecule is CCC(=O)Nc1ccc(C(=O)N/N=C(\C)c2cccc([N+](=O)[O-])c2)cc1. The maximum atomic E-state index is 12.1. The Kier molecular flexibility index (Phi) is 6.15. The average molecular weight is 354 g/mol. The van der Waals surface area contributed by atoms with Gasteiger partial charge >= 0.3 is 0 Å². The molecular weight excluding hydrogens is 336 g/mol. The van der Waals surface area contributed by atoms with Crippen LogP contribution in [-0.4, -0.2) is 22.4 Å². The van der Waals surface area contributed by atoms with Crippen LogP contribution in [0.4, 0.5) is 11.4 Å². The summed E-state index contributed by atoms with van der Waals surface area (Å²) in [5, 5.41) is 17.5. The van der Waals surface area contributed by atoms with Gasteiger partial charge in [-0.3, -0.25) is 19.7 Å². The predicted octanol–water partition coefficient (Wildman–Crippen LogP) is 3.10. The van der Waals surface area contributed by atoms with Crippen molar-refractivity contribution in [3.05, 3.63) is 69.8 Å². The van der Waals surface area contributed by atoms with Gasteiger partial charge in [-0.1, -0.05) is 19.1 Å². The Hall–Kier alpha value is -3.55. The minimum atomic E-state index is -0.492. The summed E-state index contributed by atoms with van der Waals surface area (Å²) in [6, 6.07) is 12.4. The third-order valence-electron chi connectivity index (χ3n) is 3.55. The van der Waals surface area contributed by atoms with Gasteiger partial charge in [0.05, 0.1) is 10.6 Å². The maximum Gasteiger partial charge on any atom is 0.271 e. The van der Waals surface area contributed by atoms with Crippen LogP contribution in [0.5, 0.6) is 0 Å². The van der Waals surface area contributed by atoms with Crippen LogP contribution in [0.2, 0.25) is 0 Å². The Morgan fingerprint density at radius 1 is 1.12 bits per heavy atom. The largest absolute Gasteiger partial charge is 0.326 e. The van der Waals surface area contributed by atoms with Crippen molar-refractivity contribution in [2.24, 2.45) is 5.10 Å². The number of benzene rings is 2. The number of nitro benzene ring substituents is 1. The van der Waals surface area contributed by atoms with Crippen molar-refractivity contribution in [3.8, 4) is 0 Å². The molecule has 0 saturated carbocycles. The Morgan fingerprint density at radius 3 is 2.42 bits per heavy atom. The van der Waals surface area contributed by atoms with Gasteiger partial charge in [-0.2, -0.15) is 5.10 Å². The topological polar surface area (TPSA) is 114 Å². The van der Waals surface area contributed by atoms with E-state index in [4.69, 9.17) is 0 Å². The van der Waals surface area contributed by atoms with Crippen LogP contribution >= 0.6 is 0 Å². The number of amides is 2. The van der Waals surface area contributed by atoms with Gasteiger partial charge in [0.15, 0.2) is 0 Å². The third kappa shape index (κ3) is 4.97. The molecule has 8 nitrogen and oxygen atoms in total. The van der Waals surface area contributed by atoms with E-state index in [0.29, 0.717) is 28.9 Å². The zero-order valence-corrected chi connectivity index (χ0v) is 14.4. The monoisotopic (exact) mass is 354 g/mol. The summed E-state index contributed by atoms with van der Waals surface area (Å²) >= 11 is 0. The fourth-order valence-corrected chi connectivity index (χ4v) is 2.06. The molecule has 8 heteroatoms. The first-order valence-electron chi connectivity index (χ1n) is 7.90. The van der Waals surface area contributed by atoms with Gasteiger partial charge in [0.1, 0.15) is 0 Å².